The largest absolute Gasteiger partial charge is 0.321 e. The fourth-order valence-electron chi connectivity index (χ4n) is 1.96. The highest BCUT2D eigenvalue weighted by Crippen LogP contribution is 2.24. The number of anilines is 1. The first-order valence-corrected chi connectivity index (χ1v) is 6.53. The molecule has 0 unspecified atom stereocenters. The summed E-state index contributed by atoms with van der Waals surface area (Å²) in [6, 6.07) is 2.25. The third-order valence-corrected chi connectivity index (χ3v) is 3.38. The summed E-state index contributed by atoms with van der Waals surface area (Å²) in [6.07, 6.45) is 1.63. The first kappa shape index (κ1) is 13.4. The van der Waals surface area contributed by atoms with E-state index in [1.165, 1.54) is 0 Å². The molecule has 1 atom stereocenters. The van der Waals surface area contributed by atoms with Crippen LogP contribution >= 0.6 is 15.9 Å². The van der Waals surface area contributed by atoms with Crippen molar-refractivity contribution >= 4 is 27.5 Å². The average molecular weight is 319 g/mol. The van der Waals surface area contributed by atoms with E-state index in [0.717, 1.165) is 31.5 Å². The number of benzene rings is 1. The maximum atomic E-state index is 13.5. The zero-order valence-electron chi connectivity index (χ0n) is 9.60. The molecule has 1 heterocycles. The molecule has 0 bridgehead atoms. The molecule has 98 valence electrons. The van der Waals surface area contributed by atoms with E-state index in [1.807, 2.05) is 0 Å². The molecule has 1 aliphatic heterocycles. The fourth-order valence-corrected chi connectivity index (χ4v) is 2.36. The molecule has 1 saturated heterocycles. The van der Waals surface area contributed by atoms with Gasteiger partial charge in [-0.2, -0.15) is 0 Å². The maximum absolute atomic E-state index is 13.5. The monoisotopic (exact) mass is 318 g/mol. The van der Waals surface area contributed by atoms with E-state index in [-0.39, 0.29) is 17.5 Å². The summed E-state index contributed by atoms with van der Waals surface area (Å²) < 4.78 is 27.4. The molecule has 1 aliphatic rings. The lowest BCUT2D eigenvalue weighted by Gasteiger charge is -2.22. The number of amides is 1. The summed E-state index contributed by atoms with van der Waals surface area (Å²) >= 11 is 2.99. The van der Waals surface area contributed by atoms with Gasteiger partial charge in [0.2, 0.25) is 5.91 Å². The van der Waals surface area contributed by atoms with Gasteiger partial charge in [0.1, 0.15) is 5.69 Å². The molecule has 6 heteroatoms. The SMILES string of the molecule is O=C(Nc1c(F)cc(Br)cc1F)[C@@H]1CCCNC1. The number of piperidine rings is 1. The van der Waals surface area contributed by atoms with Crippen LogP contribution in [0.3, 0.4) is 0 Å². The molecule has 2 N–H and O–H groups in total. The van der Waals surface area contributed by atoms with E-state index in [0.29, 0.717) is 11.0 Å². The number of carbonyl (C=O) groups is 1. The Kier molecular flexibility index (Phi) is 4.29. The van der Waals surface area contributed by atoms with Crippen LogP contribution in [0.5, 0.6) is 0 Å². The third-order valence-electron chi connectivity index (χ3n) is 2.92. The maximum Gasteiger partial charge on any atom is 0.228 e. The van der Waals surface area contributed by atoms with Gasteiger partial charge < -0.3 is 10.6 Å². The highest BCUT2D eigenvalue weighted by Gasteiger charge is 2.23. The van der Waals surface area contributed by atoms with Gasteiger partial charge in [0, 0.05) is 11.0 Å². The zero-order valence-corrected chi connectivity index (χ0v) is 11.2. The molecule has 18 heavy (non-hydrogen) atoms. The van der Waals surface area contributed by atoms with Gasteiger partial charge in [-0.3, -0.25) is 4.79 Å². The zero-order chi connectivity index (χ0) is 13.1. The normalized spacial score (nSPS) is 19.6. The molecule has 0 saturated carbocycles. The molecule has 0 spiro atoms. The van der Waals surface area contributed by atoms with E-state index in [4.69, 9.17) is 0 Å². The minimum Gasteiger partial charge on any atom is -0.321 e. The van der Waals surface area contributed by atoms with Gasteiger partial charge in [-0.05, 0) is 31.5 Å². The van der Waals surface area contributed by atoms with Crippen LogP contribution in [0.2, 0.25) is 0 Å². The topological polar surface area (TPSA) is 41.1 Å². The van der Waals surface area contributed by atoms with Crippen molar-refractivity contribution in [2.75, 3.05) is 18.4 Å². The van der Waals surface area contributed by atoms with Gasteiger partial charge in [0.15, 0.2) is 11.6 Å². The molecular weight excluding hydrogens is 306 g/mol. The van der Waals surface area contributed by atoms with E-state index >= 15 is 0 Å². The van der Waals surface area contributed by atoms with E-state index < -0.39 is 11.6 Å². The third kappa shape index (κ3) is 3.05. The Bertz CT molecular complexity index is 438. The summed E-state index contributed by atoms with van der Waals surface area (Å²) in [5, 5.41) is 5.41. The highest BCUT2D eigenvalue weighted by molar-refractivity contribution is 9.10. The lowest BCUT2D eigenvalue weighted by atomic mass is 9.99. The molecule has 1 fully saturated rings. The summed E-state index contributed by atoms with van der Waals surface area (Å²) in [6.45, 7) is 1.43. The fraction of sp³-hybridized carbons (Fsp3) is 0.417. The Labute approximate surface area is 112 Å². The van der Waals surface area contributed by atoms with Crippen molar-refractivity contribution in [3.8, 4) is 0 Å². The minimum absolute atomic E-state index is 0.235. The molecule has 1 aromatic rings. The van der Waals surface area contributed by atoms with E-state index in [1.54, 1.807) is 0 Å². The molecule has 3 nitrogen and oxygen atoms in total. The molecule has 1 aromatic carbocycles. The molecule has 0 aliphatic carbocycles. The van der Waals surface area contributed by atoms with Crippen LogP contribution in [-0.4, -0.2) is 19.0 Å². The summed E-state index contributed by atoms with van der Waals surface area (Å²) in [7, 11) is 0. The lowest BCUT2D eigenvalue weighted by molar-refractivity contribution is -0.120. The van der Waals surface area contributed by atoms with E-state index in [2.05, 4.69) is 26.6 Å². The van der Waals surface area contributed by atoms with Gasteiger partial charge in [0.25, 0.3) is 0 Å². The summed E-state index contributed by atoms with van der Waals surface area (Å²) in [5.41, 5.74) is -0.381. The summed E-state index contributed by atoms with van der Waals surface area (Å²) in [4.78, 5) is 11.9. The van der Waals surface area contributed by atoms with Crippen LogP contribution in [0, 0.1) is 17.6 Å². The predicted octanol–water partition coefficient (Wildman–Crippen LogP) is 2.67. The van der Waals surface area contributed by atoms with Crippen LogP contribution in [-0.2, 0) is 4.79 Å². The van der Waals surface area contributed by atoms with Gasteiger partial charge >= 0.3 is 0 Å². The van der Waals surface area contributed by atoms with Gasteiger partial charge in [-0.25, -0.2) is 8.78 Å². The van der Waals surface area contributed by atoms with E-state index in [9.17, 15) is 13.6 Å². The Morgan fingerprint density at radius 2 is 2.06 bits per heavy atom. The van der Waals surface area contributed by atoms with Crippen molar-refractivity contribution in [1.29, 1.82) is 0 Å². The van der Waals surface area contributed by atoms with Gasteiger partial charge in [-0.1, -0.05) is 15.9 Å². The molecule has 2 rings (SSSR count). The summed E-state index contributed by atoms with van der Waals surface area (Å²) in [5.74, 6) is -2.14. The van der Waals surface area contributed by atoms with Crippen LogP contribution < -0.4 is 10.6 Å². The lowest BCUT2D eigenvalue weighted by Crippen LogP contribution is -2.37. The van der Waals surface area contributed by atoms with Crippen molar-refractivity contribution in [2.45, 2.75) is 12.8 Å². The number of nitrogens with one attached hydrogen (secondary N) is 2. The smallest absolute Gasteiger partial charge is 0.228 e. The van der Waals surface area contributed by atoms with Crippen LogP contribution in [0.15, 0.2) is 16.6 Å². The van der Waals surface area contributed by atoms with Gasteiger partial charge in [0.05, 0.1) is 5.92 Å². The first-order valence-electron chi connectivity index (χ1n) is 5.74. The van der Waals surface area contributed by atoms with Crippen molar-refractivity contribution in [2.24, 2.45) is 5.92 Å². The second-order valence-electron chi connectivity index (χ2n) is 4.28. The molecule has 1 amide bonds. The Morgan fingerprint density at radius 1 is 1.39 bits per heavy atom. The Hall–Kier alpha value is -1.01. The van der Waals surface area contributed by atoms with Crippen LogP contribution in [0.25, 0.3) is 0 Å². The van der Waals surface area contributed by atoms with Crippen molar-refractivity contribution in [3.05, 3.63) is 28.2 Å². The van der Waals surface area contributed by atoms with Crippen molar-refractivity contribution < 1.29 is 13.6 Å². The average Bonchev–Trinajstić information content (AvgIpc) is 2.34. The minimum atomic E-state index is -0.779. The first-order chi connectivity index (χ1) is 8.58. The standard InChI is InChI=1S/C12H13BrF2N2O/c13-8-4-9(14)11(10(15)5-8)17-12(18)7-2-1-3-16-6-7/h4-5,7,16H,1-3,6H2,(H,17,18)/t7-/m1/s1. The number of halogens is 3. The number of hydrogen-bond donors (Lipinski definition) is 2. The van der Waals surface area contributed by atoms with Crippen molar-refractivity contribution in [1.82, 2.24) is 5.32 Å². The quantitative estimate of drug-likeness (QED) is 0.880. The number of hydrogen-bond acceptors (Lipinski definition) is 2. The predicted molar refractivity (Wildman–Crippen MR) is 68.3 cm³/mol. The van der Waals surface area contributed by atoms with Crippen LogP contribution in [0.4, 0.5) is 14.5 Å². The van der Waals surface area contributed by atoms with Gasteiger partial charge in [-0.15, -0.1) is 0 Å². The van der Waals surface area contributed by atoms with Crippen molar-refractivity contribution in [3.63, 3.8) is 0 Å². The van der Waals surface area contributed by atoms with Crippen LogP contribution in [0.1, 0.15) is 12.8 Å². The second-order valence-corrected chi connectivity index (χ2v) is 5.19. The highest BCUT2D eigenvalue weighted by atomic mass is 79.9. The second kappa shape index (κ2) is 5.75. The molecular formula is C12H13BrF2N2O. The molecule has 0 radical (unpaired) electrons. The molecule has 0 aromatic heterocycles. The Balaban J connectivity index is 2.11. The number of rotatable bonds is 2. The Morgan fingerprint density at radius 3 is 2.61 bits per heavy atom. The number of carbonyl (C=O) groups excluding carboxylic acids is 1.